The van der Waals surface area contributed by atoms with Crippen LogP contribution >= 0.6 is 0 Å². The van der Waals surface area contributed by atoms with Crippen LogP contribution in [-0.2, 0) is 65.2 Å². The van der Waals surface area contributed by atoms with Crippen molar-refractivity contribution in [3.05, 3.63) is 0 Å². The molecule has 0 aromatic carbocycles. The number of hydrogen-bond donors (Lipinski definition) is 8. The van der Waals surface area contributed by atoms with Gasteiger partial charge in [0.25, 0.3) is 0 Å². The van der Waals surface area contributed by atoms with Gasteiger partial charge in [0.05, 0.1) is 0 Å². The van der Waals surface area contributed by atoms with Gasteiger partial charge in [-0.1, -0.05) is 107 Å². The molecule has 10 nitrogen and oxygen atoms in total. The molecule has 284 valence electrons. The summed E-state index contributed by atoms with van der Waals surface area (Å²) in [5.74, 6) is 0. The van der Waals surface area contributed by atoms with Crippen molar-refractivity contribution in [1.29, 1.82) is 0 Å². The van der Waals surface area contributed by atoms with E-state index in [2.05, 4.69) is 55.4 Å². The Balaban J connectivity index is -0.0000000233. The Morgan fingerprint density at radius 2 is 0.289 bits per heavy atom. The van der Waals surface area contributed by atoms with Crippen LogP contribution in [0.1, 0.15) is 158 Å². The molecular formula is C32H84O10Ti3. The maximum absolute atomic E-state index is 8.07. The summed E-state index contributed by atoms with van der Waals surface area (Å²) >= 11 is 0. The molecule has 0 saturated carbocycles. The molecule has 12 N–H and O–H groups in total. The van der Waals surface area contributed by atoms with E-state index >= 15 is 0 Å². The molecule has 0 saturated heterocycles. The van der Waals surface area contributed by atoms with Crippen molar-refractivity contribution in [3.8, 4) is 0 Å². The predicted molar refractivity (Wildman–Crippen MR) is 183 cm³/mol. The number of rotatable bonds is 16. The predicted octanol–water partition coefficient (Wildman–Crippen LogP) is 4.57. The van der Waals surface area contributed by atoms with Crippen LogP contribution in [0.2, 0.25) is 0 Å². The summed E-state index contributed by atoms with van der Waals surface area (Å²) in [6, 6.07) is 0. The summed E-state index contributed by atoms with van der Waals surface area (Å²) in [5.41, 5.74) is 0. The van der Waals surface area contributed by atoms with Gasteiger partial charge in [0, 0.05) is 118 Å². The molecule has 0 fully saturated rings. The van der Waals surface area contributed by atoms with E-state index in [1.165, 1.54) is 0 Å². The van der Waals surface area contributed by atoms with E-state index in [-0.39, 0.29) is 76.1 Å². The molecule has 45 heavy (non-hydrogen) atoms. The second kappa shape index (κ2) is 138. The van der Waals surface area contributed by atoms with Crippen LogP contribution in [0.5, 0.6) is 0 Å². The van der Waals surface area contributed by atoms with E-state index in [1.807, 2.05) is 0 Å². The SMILES string of the molecule is CCCCO.CCCCO.CCCCO.CCCCO.CCCCO.CCCCO.CCCCO.CCCCO.O.O.[Ti].[Ti].[Ti]. The molecular weight excluding hydrogens is 688 g/mol. The Bertz CT molecular complexity index is 181. The molecule has 0 radical (unpaired) electrons. The molecule has 0 rings (SSSR count). The smallest absolute Gasteiger partial charge is 0.0430 e. The topological polar surface area (TPSA) is 225 Å². The molecule has 0 spiro atoms. The largest absolute Gasteiger partial charge is 0.412 e. The zero-order valence-electron chi connectivity index (χ0n) is 31.0. The summed E-state index contributed by atoms with van der Waals surface area (Å²) in [4.78, 5) is 0. The molecule has 0 atom stereocenters. The zero-order valence-corrected chi connectivity index (χ0v) is 35.7. The summed E-state index contributed by atoms with van der Waals surface area (Å²) in [6.07, 6.45) is 16.3. The molecule has 13 heteroatoms. The van der Waals surface area contributed by atoms with E-state index in [4.69, 9.17) is 40.9 Å². The van der Waals surface area contributed by atoms with Crippen LogP contribution in [0.25, 0.3) is 0 Å². The fourth-order valence-corrected chi connectivity index (χ4v) is 1.26. The van der Waals surface area contributed by atoms with Gasteiger partial charge < -0.3 is 51.8 Å². The minimum absolute atomic E-state index is 0. The first kappa shape index (κ1) is 85.9. The van der Waals surface area contributed by atoms with Crippen molar-refractivity contribution in [2.24, 2.45) is 0 Å². The quantitative estimate of drug-likeness (QED) is 0.104. The van der Waals surface area contributed by atoms with Gasteiger partial charge in [-0.15, -0.1) is 0 Å². The normalized spacial score (nSPS) is 7.47. The van der Waals surface area contributed by atoms with Gasteiger partial charge in [-0.25, -0.2) is 0 Å². The molecule has 0 aromatic heterocycles. The Labute approximate surface area is 325 Å². The van der Waals surface area contributed by atoms with E-state index in [0.717, 1.165) is 103 Å². The Morgan fingerprint density at radius 3 is 0.289 bits per heavy atom. The molecule has 0 aromatic rings. The van der Waals surface area contributed by atoms with Crippen LogP contribution in [0.4, 0.5) is 0 Å². The van der Waals surface area contributed by atoms with Crippen LogP contribution in [0, 0.1) is 0 Å². The van der Waals surface area contributed by atoms with E-state index in [9.17, 15) is 0 Å². The summed E-state index contributed by atoms with van der Waals surface area (Å²) in [7, 11) is 0. The third kappa shape index (κ3) is 278. The first-order chi connectivity index (χ1) is 19.3. The first-order valence-electron chi connectivity index (χ1n) is 16.2. The monoisotopic (exact) mass is 772 g/mol. The average molecular weight is 773 g/mol. The number of unbranched alkanes of at least 4 members (excludes halogenated alkanes) is 8. The van der Waals surface area contributed by atoms with Gasteiger partial charge in [-0.05, 0) is 51.4 Å². The van der Waals surface area contributed by atoms with Crippen LogP contribution in [0.3, 0.4) is 0 Å². The van der Waals surface area contributed by atoms with Crippen molar-refractivity contribution >= 4 is 0 Å². The van der Waals surface area contributed by atoms with E-state index in [0.29, 0.717) is 52.9 Å². The fourth-order valence-electron chi connectivity index (χ4n) is 1.26. The summed E-state index contributed by atoms with van der Waals surface area (Å²) in [6.45, 7) is 19.2. The number of aliphatic hydroxyl groups excluding tert-OH is 8. The van der Waals surface area contributed by atoms with Gasteiger partial charge in [0.15, 0.2) is 0 Å². The van der Waals surface area contributed by atoms with Crippen LogP contribution in [-0.4, -0.2) is 105 Å². The Hall–Kier alpha value is 1.74. The first-order valence-corrected chi connectivity index (χ1v) is 16.2. The standard InChI is InChI=1S/8C4H10O.2H2O.3Ti/c8*1-2-3-4-5;;;;;/h8*5H,2-4H2,1H3;2*1H2;;;. The summed E-state index contributed by atoms with van der Waals surface area (Å²) < 4.78 is 0. The van der Waals surface area contributed by atoms with Gasteiger partial charge in [0.2, 0.25) is 0 Å². The van der Waals surface area contributed by atoms with Crippen molar-refractivity contribution in [3.63, 3.8) is 0 Å². The van der Waals surface area contributed by atoms with Gasteiger partial charge in [0.1, 0.15) is 0 Å². The second-order valence-corrected chi connectivity index (χ2v) is 8.62. The second-order valence-electron chi connectivity index (χ2n) is 8.62. The zero-order chi connectivity index (χ0) is 33.0. The minimum Gasteiger partial charge on any atom is -0.412 e. The number of hydrogen-bond acceptors (Lipinski definition) is 8. The maximum Gasteiger partial charge on any atom is 0.0430 e. The van der Waals surface area contributed by atoms with Gasteiger partial charge >= 0.3 is 0 Å². The molecule has 0 aliphatic rings. The Kier molecular flexibility index (Phi) is 264. The van der Waals surface area contributed by atoms with Gasteiger partial charge in [-0.3, -0.25) is 0 Å². The molecule has 0 aliphatic heterocycles. The molecule has 0 heterocycles. The van der Waals surface area contributed by atoms with Crippen molar-refractivity contribution in [2.45, 2.75) is 158 Å². The van der Waals surface area contributed by atoms with E-state index in [1.54, 1.807) is 0 Å². The minimum atomic E-state index is 0. The van der Waals surface area contributed by atoms with E-state index < -0.39 is 0 Å². The van der Waals surface area contributed by atoms with Crippen molar-refractivity contribution in [2.75, 3.05) is 52.9 Å². The van der Waals surface area contributed by atoms with Crippen molar-refractivity contribution in [1.82, 2.24) is 0 Å². The maximum atomic E-state index is 8.07. The Morgan fingerprint density at radius 1 is 0.222 bits per heavy atom. The average Bonchev–Trinajstić information content (AvgIpc) is 2.95. The van der Waals surface area contributed by atoms with Crippen LogP contribution in [0.15, 0.2) is 0 Å². The fraction of sp³-hybridized carbons (Fsp3) is 1.00. The molecule has 0 bridgehead atoms. The number of aliphatic hydroxyl groups is 8. The molecule has 0 aliphatic carbocycles. The van der Waals surface area contributed by atoms with Crippen molar-refractivity contribution < 1.29 is 117 Å². The summed E-state index contributed by atoms with van der Waals surface area (Å²) in [5, 5.41) is 64.5. The molecule has 0 unspecified atom stereocenters. The van der Waals surface area contributed by atoms with Crippen LogP contribution < -0.4 is 0 Å². The third-order valence-electron chi connectivity index (χ3n) is 4.09. The third-order valence-corrected chi connectivity index (χ3v) is 4.09. The molecule has 0 amide bonds. The van der Waals surface area contributed by atoms with Gasteiger partial charge in [-0.2, -0.15) is 0 Å².